The van der Waals surface area contributed by atoms with Crippen molar-refractivity contribution < 1.29 is 18.5 Å². The molecule has 0 aliphatic carbocycles. The van der Waals surface area contributed by atoms with Gasteiger partial charge in [-0.2, -0.15) is 0 Å². The Morgan fingerprint density at radius 2 is 2.10 bits per heavy atom. The van der Waals surface area contributed by atoms with Crippen molar-refractivity contribution in [3.8, 4) is 11.5 Å². The third kappa shape index (κ3) is 4.88. The number of anilines is 2. The zero-order chi connectivity index (χ0) is 20.2. The quantitative estimate of drug-likeness (QED) is 0.321. The molecule has 4 aromatic rings. The van der Waals surface area contributed by atoms with Crippen LogP contribution in [0.5, 0.6) is 0 Å². The minimum absolute atomic E-state index is 0.0823. The van der Waals surface area contributed by atoms with Crippen molar-refractivity contribution in [3.63, 3.8) is 0 Å². The molecule has 0 aromatic carbocycles. The van der Waals surface area contributed by atoms with E-state index in [1.165, 1.54) is 35.4 Å². The highest BCUT2D eigenvalue weighted by atomic mass is 32.2. The fraction of sp³-hybridized carbons (Fsp3) is 0.125. The lowest BCUT2D eigenvalue weighted by atomic mass is 10.3. The Morgan fingerprint density at radius 3 is 2.86 bits per heavy atom. The summed E-state index contributed by atoms with van der Waals surface area (Å²) in [5.41, 5.74) is 0.935. The van der Waals surface area contributed by atoms with Gasteiger partial charge < -0.3 is 14.3 Å². The largest absolute Gasteiger partial charge is 0.461 e. The van der Waals surface area contributed by atoms with Gasteiger partial charge in [0.15, 0.2) is 20.9 Å². The number of rotatable bonds is 7. The van der Waals surface area contributed by atoms with Gasteiger partial charge in [0, 0.05) is 11.4 Å². The van der Waals surface area contributed by atoms with Gasteiger partial charge in [-0.1, -0.05) is 28.3 Å². The molecule has 148 valence electrons. The number of aromatic nitrogens is 4. The third-order valence-corrected chi connectivity index (χ3v) is 6.17. The van der Waals surface area contributed by atoms with Crippen LogP contribution in [-0.2, 0) is 4.79 Å². The molecule has 4 heterocycles. The summed E-state index contributed by atoms with van der Waals surface area (Å²) in [5.74, 6) is 0.276. The molecule has 0 unspecified atom stereocenters. The predicted molar refractivity (Wildman–Crippen MR) is 108 cm³/mol. The zero-order valence-corrected chi connectivity index (χ0v) is 17.2. The van der Waals surface area contributed by atoms with Crippen molar-refractivity contribution in [2.75, 3.05) is 16.4 Å². The topological polar surface area (TPSA) is 136 Å². The van der Waals surface area contributed by atoms with Crippen molar-refractivity contribution in [2.24, 2.45) is 0 Å². The molecule has 13 heteroatoms. The molecule has 10 nitrogen and oxygen atoms in total. The van der Waals surface area contributed by atoms with Crippen molar-refractivity contribution in [1.29, 1.82) is 0 Å². The lowest BCUT2D eigenvalue weighted by Gasteiger charge is -1.99. The van der Waals surface area contributed by atoms with Crippen LogP contribution < -0.4 is 10.6 Å². The molecule has 4 aromatic heterocycles. The number of aryl methyl sites for hydroxylation is 1. The van der Waals surface area contributed by atoms with Gasteiger partial charge in [-0.05, 0) is 19.1 Å². The highest BCUT2D eigenvalue weighted by Crippen LogP contribution is 2.27. The number of thioether (sulfide) groups is 1. The highest BCUT2D eigenvalue weighted by molar-refractivity contribution is 8.01. The van der Waals surface area contributed by atoms with E-state index in [9.17, 15) is 9.59 Å². The van der Waals surface area contributed by atoms with Crippen molar-refractivity contribution >= 4 is 56.5 Å². The normalized spacial score (nSPS) is 10.8. The average Bonchev–Trinajstić information content (AvgIpc) is 3.47. The Balaban J connectivity index is 1.29. The Hall–Kier alpha value is -3.03. The maximum absolute atomic E-state index is 12.3. The molecule has 0 spiro atoms. The Morgan fingerprint density at radius 1 is 1.21 bits per heavy atom. The van der Waals surface area contributed by atoms with Crippen LogP contribution in [-0.4, -0.2) is 37.9 Å². The van der Waals surface area contributed by atoms with E-state index in [1.54, 1.807) is 12.1 Å². The Kier molecular flexibility index (Phi) is 5.69. The minimum atomic E-state index is -0.490. The fourth-order valence-electron chi connectivity index (χ4n) is 2.09. The molecule has 29 heavy (non-hydrogen) atoms. The van der Waals surface area contributed by atoms with Crippen molar-refractivity contribution in [3.05, 3.63) is 41.2 Å². The average molecular weight is 449 g/mol. The Bertz CT molecular complexity index is 1130. The van der Waals surface area contributed by atoms with Gasteiger partial charge in [-0.25, -0.2) is 4.98 Å². The number of nitrogens with zero attached hydrogens (tertiary/aromatic N) is 4. The van der Waals surface area contributed by atoms with Crippen LogP contribution in [0, 0.1) is 6.92 Å². The summed E-state index contributed by atoms with van der Waals surface area (Å²) in [6.45, 7) is 1.86. The Labute approximate surface area is 175 Å². The maximum Gasteiger partial charge on any atom is 0.279 e. The number of amides is 2. The molecule has 0 aliphatic heterocycles. The summed E-state index contributed by atoms with van der Waals surface area (Å²) in [5, 5.41) is 19.6. The molecule has 0 radical (unpaired) electrons. The third-order valence-electron chi connectivity index (χ3n) is 3.33. The molecule has 4 rings (SSSR count). The van der Waals surface area contributed by atoms with E-state index in [2.05, 4.69) is 31.0 Å². The monoisotopic (exact) mass is 448 g/mol. The highest BCUT2D eigenvalue weighted by Gasteiger charge is 2.17. The lowest BCUT2D eigenvalue weighted by molar-refractivity contribution is -0.113. The van der Waals surface area contributed by atoms with Crippen LogP contribution in [0.25, 0.3) is 11.5 Å². The summed E-state index contributed by atoms with van der Waals surface area (Å²) in [6, 6.07) is 4.87. The summed E-state index contributed by atoms with van der Waals surface area (Å²) in [4.78, 5) is 28.4. The van der Waals surface area contributed by atoms with Gasteiger partial charge >= 0.3 is 0 Å². The van der Waals surface area contributed by atoms with Gasteiger partial charge in [0.05, 0.1) is 17.7 Å². The first-order chi connectivity index (χ1) is 14.1. The van der Waals surface area contributed by atoms with Crippen LogP contribution in [0.3, 0.4) is 0 Å². The number of carbonyl (C=O) groups excluding carboxylic acids is 2. The smallest absolute Gasteiger partial charge is 0.279 e. The summed E-state index contributed by atoms with van der Waals surface area (Å²) < 4.78 is 10.8. The molecule has 0 bridgehead atoms. The molecule has 2 amide bonds. The second-order valence-corrected chi connectivity index (χ2v) is 8.57. The van der Waals surface area contributed by atoms with E-state index in [0.717, 1.165) is 17.0 Å². The van der Waals surface area contributed by atoms with E-state index in [0.29, 0.717) is 21.0 Å². The van der Waals surface area contributed by atoms with Crippen LogP contribution in [0.15, 0.2) is 43.1 Å². The van der Waals surface area contributed by atoms with E-state index in [1.807, 2.05) is 12.3 Å². The number of hydrogen-bond donors (Lipinski definition) is 2. The van der Waals surface area contributed by atoms with Crippen molar-refractivity contribution in [2.45, 2.75) is 11.3 Å². The fourth-order valence-corrected chi connectivity index (χ4v) is 4.34. The van der Waals surface area contributed by atoms with Crippen LogP contribution in [0.4, 0.5) is 10.3 Å². The lowest BCUT2D eigenvalue weighted by Crippen LogP contribution is -2.13. The van der Waals surface area contributed by atoms with Gasteiger partial charge in [-0.15, -0.1) is 21.5 Å². The van der Waals surface area contributed by atoms with Gasteiger partial charge in [0.1, 0.15) is 0 Å². The molecule has 2 N–H and O–H groups in total. The SMILES string of the molecule is Cc1csc(NC(=O)CSc2nnc(NC(=O)c3cc(-c4ccco4)on3)s2)n1. The van der Waals surface area contributed by atoms with Gasteiger partial charge in [-0.3, -0.25) is 14.9 Å². The molecular weight excluding hydrogens is 436 g/mol. The van der Waals surface area contributed by atoms with Crippen LogP contribution >= 0.6 is 34.4 Å². The molecule has 0 aliphatic rings. The predicted octanol–water partition coefficient (Wildman–Crippen LogP) is 3.53. The molecule has 0 atom stereocenters. The van der Waals surface area contributed by atoms with Gasteiger partial charge in [0.2, 0.25) is 16.8 Å². The van der Waals surface area contributed by atoms with Crippen LogP contribution in [0.2, 0.25) is 0 Å². The number of hydrogen-bond acceptors (Lipinski definition) is 11. The maximum atomic E-state index is 12.3. The second-order valence-electron chi connectivity index (χ2n) is 5.51. The second kappa shape index (κ2) is 8.55. The van der Waals surface area contributed by atoms with Gasteiger partial charge in [0.25, 0.3) is 5.91 Å². The molecule has 0 saturated carbocycles. The minimum Gasteiger partial charge on any atom is -0.461 e. The first-order valence-corrected chi connectivity index (χ1v) is 10.8. The zero-order valence-electron chi connectivity index (χ0n) is 14.7. The summed E-state index contributed by atoms with van der Waals surface area (Å²) in [7, 11) is 0. The van der Waals surface area contributed by atoms with E-state index < -0.39 is 5.91 Å². The van der Waals surface area contributed by atoms with Crippen molar-refractivity contribution in [1.82, 2.24) is 20.3 Å². The molecular formula is C16H12N6O4S3. The summed E-state index contributed by atoms with van der Waals surface area (Å²) >= 11 is 3.73. The summed E-state index contributed by atoms with van der Waals surface area (Å²) in [6.07, 6.45) is 1.50. The first kappa shape index (κ1) is 19.3. The number of furan rings is 1. The standard InChI is InChI=1S/C16H12N6O4S3/c1-8-6-27-14(17-8)18-12(23)7-28-16-21-20-15(29-16)19-13(24)9-5-11(26-22-9)10-3-2-4-25-10/h2-6H,7H2,1H3,(H,17,18,23)(H,19,20,24). The number of nitrogens with one attached hydrogen (secondary N) is 2. The van der Waals surface area contributed by atoms with E-state index in [-0.39, 0.29) is 22.5 Å². The first-order valence-electron chi connectivity index (χ1n) is 8.07. The number of carbonyl (C=O) groups is 2. The van der Waals surface area contributed by atoms with Crippen LogP contribution in [0.1, 0.15) is 16.2 Å². The molecule has 0 saturated heterocycles. The molecule has 0 fully saturated rings. The van der Waals surface area contributed by atoms with E-state index in [4.69, 9.17) is 8.94 Å². The van der Waals surface area contributed by atoms with E-state index >= 15 is 0 Å². The number of thiazole rings is 1.